The molecule has 0 aliphatic carbocycles. The molecule has 3 aromatic rings. The quantitative estimate of drug-likeness (QED) is 0.492. The Kier molecular flexibility index (Phi) is 4.45. The second-order valence-electron chi connectivity index (χ2n) is 7.52. The van der Waals surface area contributed by atoms with Crippen molar-refractivity contribution in [2.75, 3.05) is 12.7 Å². The maximum absolute atomic E-state index is 12.1. The minimum absolute atomic E-state index is 0.0976. The summed E-state index contributed by atoms with van der Waals surface area (Å²) in [5, 5.41) is 13.9. The Morgan fingerprint density at radius 1 is 1.20 bits per heavy atom. The number of hydrogen-bond donors (Lipinski definition) is 2. The van der Waals surface area contributed by atoms with Gasteiger partial charge in [-0.25, -0.2) is 0 Å². The van der Waals surface area contributed by atoms with Gasteiger partial charge in [0.2, 0.25) is 6.79 Å². The first-order valence-electron chi connectivity index (χ1n) is 9.56. The van der Waals surface area contributed by atoms with Gasteiger partial charge in [-0.1, -0.05) is 6.07 Å². The van der Waals surface area contributed by atoms with Crippen LogP contribution in [0.2, 0.25) is 0 Å². The molecule has 0 unspecified atom stereocenters. The Balaban J connectivity index is 1.71. The highest BCUT2D eigenvalue weighted by Gasteiger charge is 2.36. The number of fused-ring (bicyclic) bond motifs is 4. The minimum Gasteiger partial charge on any atom is -0.480 e. The summed E-state index contributed by atoms with van der Waals surface area (Å²) in [7, 11) is 1.95. The van der Waals surface area contributed by atoms with Crippen LogP contribution in [0.3, 0.4) is 0 Å². The van der Waals surface area contributed by atoms with Crippen LogP contribution >= 0.6 is 11.6 Å². The molecule has 0 amide bonds. The summed E-state index contributed by atoms with van der Waals surface area (Å²) in [5.74, 6) is 0.135. The van der Waals surface area contributed by atoms with E-state index in [1.807, 2.05) is 37.4 Å². The number of aryl methyl sites for hydroxylation is 1. The number of benzene rings is 2. The number of carbonyl (C=O) groups is 2. The highest BCUT2D eigenvalue weighted by atomic mass is 35.5. The molecule has 30 heavy (non-hydrogen) atoms. The number of ketones is 1. The lowest BCUT2D eigenvalue weighted by molar-refractivity contribution is -0.139. The van der Waals surface area contributed by atoms with Gasteiger partial charge in [0.25, 0.3) is 0 Å². The highest BCUT2D eigenvalue weighted by Crippen LogP contribution is 2.41. The van der Waals surface area contributed by atoms with E-state index in [9.17, 15) is 14.7 Å². The molecule has 0 bridgehead atoms. The van der Waals surface area contributed by atoms with E-state index in [1.165, 1.54) is 0 Å². The molecule has 2 N–H and O–H groups in total. The van der Waals surface area contributed by atoms with Crippen molar-refractivity contribution in [1.82, 2.24) is 9.88 Å². The summed E-state index contributed by atoms with van der Waals surface area (Å²) in [6.45, 7) is 0.172. The fourth-order valence-corrected chi connectivity index (χ4v) is 4.58. The first-order valence-corrected chi connectivity index (χ1v) is 10.1. The number of carboxylic acids is 1. The number of rotatable bonds is 4. The molecule has 2 aliphatic heterocycles. The average Bonchev–Trinajstić information content (AvgIpc) is 3.34. The predicted molar refractivity (Wildman–Crippen MR) is 111 cm³/mol. The lowest BCUT2D eigenvalue weighted by atomic mass is 9.89. The van der Waals surface area contributed by atoms with E-state index in [-0.39, 0.29) is 24.5 Å². The summed E-state index contributed by atoms with van der Waals surface area (Å²) in [4.78, 5) is 24.0. The topological polar surface area (TPSA) is 89.8 Å². The van der Waals surface area contributed by atoms with E-state index in [4.69, 9.17) is 21.1 Å². The molecule has 8 heteroatoms. The fourth-order valence-electron chi connectivity index (χ4n) is 4.42. The lowest BCUT2D eigenvalue weighted by Gasteiger charge is -2.31. The maximum Gasteiger partial charge on any atom is 0.321 e. The normalized spacial score (nSPS) is 19.7. The lowest BCUT2D eigenvalue weighted by Crippen LogP contribution is -2.45. The molecule has 5 rings (SSSR count). The molecule has 0 saturated heterocycles. The third-order valence-corrected chi connectivity index (χ3v) is 6.12. The van der Waals surface area contributed by atoms with Crippen molar-refractivity contribution in [1.29, 1.82) is 0 Å². The maximum atomic E-state index is 12.1. The second kappa shape index (κ2) is 7.04. The number of ether oxygens (including phenoxy) is 2. The molecule has 2 atom stereocenters. The molecule has 0 fully saturated rings. The number of halogens is 1. The van der Waals surface area contributed by atoms with Crippen LogP contribution in [0.5, 0.6) is 11.5 Å². The number of carboxylic acid groups (broad SMARTS) is 1. The summed E-state index contributed by atoms with van der Waals surface area (Å²) >= 11 is 5.74. The van der Waals surface area contributed by atoms with Crippen molar-refractivity contribution in [3.63, 3.8) is 0 Å². The third-order valence-electron chi connectivity index (χ3n) is 5.87. The van der Waals surface area contributed by atoms with Crippen LogP contribution in [0.4, 0.5) is 0 Å². The van der Waals surface area contributed by atoms with Crippen LogP contribution in [-0.2, 0) is 18.3 Å². The monoisotopic (exact) mass is 426 g/mol. The van der Waals surface area contributed by atoms with Crippen LogP contribution in [0.25, 0.3) is 10.9 Å². The molecule has 0 radical (unpaired) electrons. The zero-order chi connectivity index (χ0) is 21.0. The number of hydrogen-bond acceptors (Lipinski definition) is 5. The van der Waals surface area contributed by atoms with Crippen LogP contribution in [-0.4, -0.2) is 40.1 Å². The van der Waals surface area contributed by atoms with Crippen molar-refractivity contribution in [3.05, 3.63) is 58.8 Å². The van der Waals surface area contributed by atoms with Gasteiger partial charge in [0.05, 0.1) is 11.9 Å². The molecule has 0 spiro atoms. The van der Waals surface area contributed by atoms with Gasteiger partial charge < -0.3 is 19.1 Å². The van der Waals surface area contributed by atoms with Gasteiger partial charge in [-0.2, -0.15) is 0 Å². The molecule has 7 nitrogen and oxygen atoms in total. The minimum atomic E-state index is -0.920. The molecule has 2 aromatic carbocycles. The number of aromatic nitrogens is 1. The summed E-state index contributed by atoms with van der Waals surface area (Å²) in [6.07, 6.45) is 0.321. The van der Waals surface area contributed by atoms with Crippen molar-refractivity contribution in [2.24, 2.45) is 7.05 Å². The number of alkyl halides is 1. The van der Waals surface area contributed by atoms with Crippen LogP contribution in [0, 0.1) is 0 Å². The second-order valence-corrected chi connectivity index (χ2v) is 7.79. The van der Waals surface area contributed by atoms with Gasteiger partial charge in [-0.05, 0) is 41.5 Å². The number of nitrogens with zero attached hydrogens (tertiary/aromatic N) is 1. The molecular weight excluding hydrogens is 408 g/mol. The predicted octanol–water partition coefficient (Wildman–Crippen LogP) is 3.02. The van der Waals surface area contributed by atoms with Crippen LogP contribution < -0.4 is 14.8 Å². The number of carbonyl (C=O) groups excluding carboxylic acids is 1. The molecule has 2 aliphatic rings. The van der Waals surface area contributed by atoms with Crippen molar-refractivity contribution in [3.8, 4) is 11.5 Å². The van der Waals surface area contributed by atoms with E-state index in [2.05, 4.69) is 9.88 Å². The zero-order valence-electron chi connectivity index (χ0n) is 16.1. The van der Waals surface area contributed by atoms with E-state index in [0.29, 0.717) is 23.5 Å². The van der Waals surface area contributed by atoms with E-state index in [1.54, 1.807) is 6.07 Å². The van der Waals surface area contributed by atoms with Crippen LogP contribution in [0.1, 0.15) is 33.2 Å². The van der Waals surface area contributed by atoms with E-state index >= 15 is 0 Å². The standard InChI is InChI=1S/C22H19ClN2O5/c1-25-16-4-2-11(17(26)9-23)6-13(16)14-8-15(22(27)28)24-20(21(14)25)12-3-5-18-19(7-12)30-10-29-18/h2-7,15,20,24H,8-10H2,1H3,(H,27,28)/t15-,20+/m0/s1. The Labute approximate surface area is 177 Å². The van der Waals surface area contributed by atoms with Crippen molar-refractivity contribution < 1.29 is 24.2 Å². The SMILES string of the molecule is Cn1c2c(c3cc(C(=O)CCl)ccc31)C[C@@H](C(=O)O)N[C@@H]2c1ccc2c(c1)OCO2. The Hall–Kier alpha value is -3.03. The van der Waals surface area contributed by atoms with E-state index in [0.717, 1.165) is 27.7 Å². The molecule has 3 heterocycles. The first-order chi connectivity index (χ1) is 14.5. The van der Waals surface area contributed by atoms with Gasteiger partial charge in [0, 0.05) is 35.6 Å². The van der Waals surface area contributed by atoms with E-state index < -0.39 is 12.0 Å². The number of aliphatic carboxylic acids is 1. The third kappa shape index (κ3) is 2.85. The largest absolute Gasteiger partial charge is 0.480 e. The van der Waals surface area contributed by atoms with Gasteiger partial charge in [-0.15, -0.1) is 11.6 Å². The molecular formula is C22H19ClN2O5. The van der Waals surface area contributed by atoms with Gasteiger partial charge in [-0.3, -0.25) is 14.9 Å². The average molecular weight is 427 g/mol. The fraction of sp³-hybridized carbons (Fsp3) is 0.273. The van der Waals surface area contributed by atoms with Gasteiger partial charge in [0.15, 0.2) is 17.3 Å². The summed E-state index contributed by atoms with van der Waals surface area (Å²) < 4.78 is 13.0. The number of Topliss-reactive ketones (excluding diaryl/α,β-unsaturated/α-hetero) is 1. The van der Waals surface area contributed by atoms with Crippen molar-refractivity contribution >= 4 is 34.3 Å². The van der Waals surface area contributed by atoms with Gasteiger partial charge >= 0.3 is 5.97 Å². The summed E-state index contributed by atoms with van der Waals surface area (Å²) in [5.41, 5.74) is 4.23. The molecule has 0 saturated carbocycles. The molecule has 154 valence electrons. The number of nitrogens with one attached hydrogen (secondary N) is 1. The summed E-state index contributed by atoms with van der Waals surface area (Å²) in [6, 6.07) is 9.99. The Morgan fingerprint density at radius 2 is 2.00 bits per heavy atom. The highest BCUT2D eigenvalue weighted by molar-refractivity contribution is 6.30. The van der Waals surface area contributed by atoms with Crippen molar-refractivity contribution in [2.45, 2.75) is 18.5 Å². The van der Waals surface area contributed by atoms with Gasteiger partial charge in [0.1, 0.15) is 6.04 Å². The Bertz CT molecular complexity index is 1200. The van der Waals surface area contributed by atoms with Crippen LogP contribution in [0.15, 0.2) is 36.4 Å². The Morgan fingerprint density at radius 3 is 2.77 bits per heavy atom. The smallest absolute Gasteiger partial charge is 0.321 e. The zero-order valence-corrected chi connectivity index (χ0v) is 16.9. The first kappa shape index (κ1) is 19.0. The molecule has 1 aromatic heterocycles.